The van der Waals surface area contributed by atoms with Gasteiger partial charge >= 0.3 is 0 Å². The predicted octanol–water partition coefficient (Wildman–Crippen LogP) is 7.67. The van der Waals surface area contributed by atoms with Gasteiger partial charge in [-0.15, -0.1) is 0 Å². The molecule has 0 radical (unpaired) electrons. The smallest absolute Gasteiger partial charge is 0.00136 e. The predicted molar refractivity (Wildman–Crippen MR) is 136 cm³/mol. The molecule has 4 aromatic carbocycles. The number of benzene rings is 4. The first-order valence-electron chi connectivity index (χ1n) is 11.6. The van der Waals surface area contributed by atoms with Crippen LogP contribution in [0.4, 0.5) is 0 Å². The van der Waals surface area contributed by atoms with Crippen LogP contribution in [0.2, 0.25) is 0 Å². The molecule has 0 nitrogen and oxygen atoms in total. The largest absolute Gasteiger partial charge is 0.0622 e. The normalized spacial score (nSPS) is 14.0. The lowest BCUT2D eigenvalue weighted by atomic mass is 9.94. The van der Waals surface area contributed by atoms with Crippen LogP contribution >= 0.6 is 0 Å². The van der Waals surface area contributed by atoms with Gasteiger partial charge in [-0.3, -0.25) is 0 Å². The highest BCUT2D eigenvalue weighted by molar-refractivity contribution is 5.90. The van der Waals surface area contributed by atoms with E-state index in [0.717, 1.165) is 25.7 Å². The lowest BCUT2D eigenvalue weighted by molar-refractivity contribution is 0.950. The monoisotopic (exact) mass is 410 g/mol. The Morgan fingerprint density at radius 2 is 0.875 bits per heavy atom. The molecule has 32 heavy (non-hydrogen) atoms. The molecule has 0 aliphatic heterocycles. The third-order valence-corrected chi connectivity index (χ3v) is 6.93. The summed E-state index contributed by atoms with van der Waals surface area (Å²) in [5, 5.41) is 0. The summed E-state index contributed by atoms with van der Waals surface area (Å²) in [6, 6.07) is 35.3. The molecule has 2 aliphatic rings. The fourth-order valence-corrected chi connectivity index (χ4v) is 5.25. The van der Waals surface area contributed by atoms with Gasteiger partial charge < -0.3 is 0 Å². The van der Waals surface area contributed by atoms with Gasteiger partial charge in [0.05, 0.1) is 0 Å². The summed E-state index contributed by atoms with van der Waals surface area (Å²) in [4.78, 5) is 0. The van der Waals surface area contributed by atoms with E-state index in [0.29, 0.717) is 0 Å². The van der Waals surface area contributed by atoms with Crippen molar-refractivity contribution in [3.63, 3.8) is 0 Å². The molecule has 0 aromatic heterocycles. The summed E-state index contributed by atoms with van der Waals surface area (Å²) >= 11 is 0. The second-order valence-electron chi connectivity index (χ2n) is 8.90. The molecule has 154 valence electrons. The van der Waals surface area contributed by atoms with Crippen molar-refractivity contribution in [3.05, 3.63) is 142 Å². The molecule has 0 N–H and O–H groups in total. The third-order valence-electron chi connectivity index (χ3n) is 6.93. The molecule has 0 bridgehead atoms. The maximum absolute atomic E-state index is 2.42. The quantitative estimate of drug-likeness (QED) is 0.317. The Hall–Kier alpha value is -3.64. The zero-order valence-electron chi connectivity index (χ0n) is 18.2. The highest BCUT2D eigenvalue weighted by Crippen LogP contribution is 2.36. The average Bonchev–Trinajstić information content (AvgIpc) is 3.49. The highest BCUT2D eigenvalue weighted by Gasteiger charge is 2.19. The molecule has 0 saturated heterocycles. The van der Waals surface area contributed by atoms with E-state index in [4.69, 9.17) is 0 Å². The van der Waals surface area contributed by atoms with E-state index in [1.165, 1.54) is 55.7 Å². The average molecular weight is 411 g/mol. The van der Waals surface area contributed by atoms with Gasteiger partial charge in [0.15, 0.2) is 0 Å². The molecule has 2 aliphatic carbocycles. The molecule has 0 atom stereocenters. The number of hydrogen-bond donors (Lipinski definition) is 0. The van der Waals surface area contributed by atoms with Crippen LogP contribution in [-0.2, 0) is 25.7 Å². The van der Waals surface area contributed by atoms with E-state index in [9.17, 15) is 0 Å². The molecule has 0 heteroatoms. The topological polar surface area (TPSA) is 0 Å². The van der Waals surface area contributed by atoms with Crippen molar-refractivity contribution in [2.75, 3.05) is 0 Å². The van der Waals surface area contributed by atoms with Crippen molar-refractivity contribution >= 4 is 23.3 Å². The Bertz CT molecular complexity index is 1230. The molecule has 0 saturated carbocycles. The first-order chi connectivity index (χ1) is 15.8. The van der Waals surface area contributed by atoms with Crippen LogP contribution in [0, 0.1) is 0 Å². The summed E-state index contributed by atoms with van der Waals surface area (Å²) in [7, 11) is 0. The zero-order chi connectivity index (χ0) is 21.3. The van der Waals surface area contributed by atoms with Gasteiger partial charge in [0.25, 0.3) is 0 Å². The highest BCUT2D eigenvalue weighted by atomic mass is 14.2. The SMILES string of the molecule is C1=C(c2ccccc2)Cc2cccc(CCc3cccc4c3C=C(c3ccccc3)C4)c21. The van der Waals surface area contributed by atoms with Gasteiger partial charge in [0.1, 0.15) is 0 Å². The van der Waals surface area contributed by atoms with Crippen LogP contribution in [0.1, 0.15) is 44.5 Å². The Labute approximate surface area is 190 Å². The van der Waals surface area contributed by atoms with Crippen molar-refractivity contribution in [1.29, 1.82) is 0 Å². The summed E-state index contributed by atoms with van der Waals surface area (Å²) in [5.41, 5.74) is 14.3. The fraction of sp³-hybridized carbons (Fsp3) is 0.125. The molecule has 0 unspecified atom stereocenters. The van der Waals surface area contributed by atoms with Crippen LogP contribution in [0.3, 0.4) is 0 Å². The second-order valence-corrected chi connectivity index (χ2v) is 8.90. The minimum Gasteiger partial charge on any atom is -0.0622 e. The van der Waals surface area contributed by atoms with E-state index >= 15 is 0 Å². The number of aryl methyl sites for hydroxylation is 2. The molecular formula is C32H26. The van der Waals surface area contributed by atoms with Crippen molar-refractivity contribution in [2.45, 2.75) is 25.7 Å². The maximum Gasteiger partial charge on any atom is -0.00136 e. The molecule has 4 aromatic rings. The summed E-state index contributed by atoms with van der Waals surface area (Å²) < 4.78 is 0. The van der Waals surface area contributed by atoms with E-state index in [-0.39, 0.29) is 0 Å². The van der Waals surface area contributed by atoms with Crippen LogP contribution in [0.15, 0.2) is 97.1 Å². The second kappa shape index (κ2) is 8.13. The van der Waals surface area contributed by atoms with E-state index < -0.39 is 0 Å². The molecule has 0 amide bonds. The van der Waals surface area contributed by atoms with Crippen molar-refractivity contribution in [3.8, 4) is 0 Å². The van der Waals surface area contributed by atoms with Crippen molar-refractivity contribution < 1.29 is 0 Å². The van der Waals surface area contributed by atoms with Crippen LogP contribution < -0.4 is 0 Å². The molecule has 6 rings (SSSR count). The van der Waals surface area contributed by atoms with Crippen LogP contribution in [0.5, 0.6) is 0 Å². The molecule has 0 spiro atoms. The first kappa shape index (κ1) is 19.1. The van der Waals surface area contributed by atoms with E-state index in [1.54, 1.807) is 0 Å². The maximum atomic E-state index is 2.42. The van der Waals surface area contributed by atoms with Crippen LogP contribution in [-0.4, -0.2) is 0 Å². The number of hydrogen-bond acceptors (Lipinski definition) is 0. The first-order valence-corrected chi connectivity index (χ1v) is 11.6. The van der Waals surface area contributed by atoms with E-state index in [1.807, 2.05) is 0 Å². The Morgan fingerprint density at radius 1 is 0.438 bits per heavy atom. The van der Waals surface area contributed by atoms with Gasteiger partial charge in [-0.1, -0.05) is 109 Å². The van der Waals surface area contributed by atoms with Crippen LogP contribution in [0.25, 0.3) is 23.3 Å². The lowest BCUT2D eigenvalue weighted by Crippen LogP contribution is -1.98. The van der Waals surface area contributed by atoms with Crippen molar-refractivity contribution in [1.82, 2.24) is 0 Å². The summed E-state index contributed by atoms with van der Waals surface area (Å²) in [6.45, 7) is 0. The van der Waals surface area contributed by atoms with Gasteiger partial charge in [-0.2, -0.15) is 0 Å². The number of fused-ring (bicyclic) bond motifs is 2. The standard InChI is InChI=1S/C32H26/c1-3-9-23(10-4-1)29-19-27-15-7-13-25(31(27)21-29)17-18-26-14-8-16-28-20-30(22-32(26)28)24-11-5-2-6-12-24/h1-16,21-22H,17-20H2. The van der Waals surface area contributed by atoms with E-state index in [2.05, 4.69) is 109 Å². The van der Waals surface area contributed by atoms with Gasteiger partial charge in [-0.05, 0) is 81.3 Å². The van der Waals surface area contributed by atoms with Gasteiger partial charge in [0.2, 0.25) is 0 Å². The molecule has 0 heterocycles. The summed E-state index contributed by atoms with van der Waals surface area (Å²) in [5.74, 6) is 0. The number of allylic oxidation sites excluding steroid dienone is 2. The third kappa shape index (κ3) is 3.52. The summed E-state index contributed by atoms with van der Waals surface area (Å²) in [6.07, 6.45) is 9.07. The Balaban J connectivity index is 1.27. The molecule has 0 fully saturated rings. The minimum absolute atomic E-state index is 1.04. The zero-order valence-corrected chi connectivity index (χ0v) is 18.2. The van der Waals surface area contributed by atoms with Gasteiger partial charge in [-0.25, -0.2) is 0 Å². The number of rotatable bonds is 5. The van der Waals surface area contributed by atoms with Crippen molar-refractivity contribution in [2.24, 2.45) is 0 Å². The Morgan fingerprint density at radius 3 is 1.31 bits per heavy atom. The van der Waals surface area contributed by atoms with Gasteiger partial charge in [0, 0.05) is 0 Å². The molecular weight excluding hydrogens is 384 g/mol. The fourth-order valence-electron chi connectivity index (χ4n) is 5.25. The lowest BCUT2D eigenvalue weighted by Gasteiger charge is -2.10. The minimum atomic E-state index is 1.04. The Kier molecular flexibility index (Phi) is 4.85.